The summed E-state index contributed by atoms with van der Waals surface area (Å²) in [6, 6.07) is 5.93. The van der Waals surface area contributed by atoms with E-state index in [4.69, 9.17) is 4.74 Å². The van der Waals surface area contributed by atoms with Crippen LogP contribution in [-0.4, -0.2) is 40.1 Å². The fourth-order valence-electron chi connectivity index (χ4n) is 2.77. The summed E-state index contributed by atoms with van der Waals surface area (Å²) < 4.78 is 44.9. The largest absolute Gasteiger partial charge is 0.472 e. The second-order valence-electron chi connectivity index (χ2n) is 5.85. The van der Waals surface area contributed by atoms with Gasteiger partial charge in [0.05, 0.1) is 17.8 Å². The topological polar surface area (TPSA) is 67.4 Å². The van der Waals surface area contributed by atoms with Crippen molar-refractivity contribution in [3.8, 4) is 5.88 Å². The van der Waals surface area contributed by atoms with Crippen LogP contribution >= 0.6 is 0 Å². The number of amides is 2. The zero-order chi connectivity index (χ0) is 18.6. The van der Waals surface area contributed by atoms with Crippen molar-refractivity contribution in [2.75, 3.05) is 18.4 Å². The van der Waals surface area contributed by atoms with E-state index in [1.807, 2.05) is 0 Å². The number of hydrogen-bond donors (Lipinski definition) is 1. The average molecular weight is 366 g/mol. The summed E-state index contributed by atoms with van der Waals surface area (Å²) in [5, 5.41) is 2.36. The van der Waals surface area contributed by atoms with Crippen molar-refractivity contribution in [1.82, 2.24) is 14.9 Å². The van der Waals surface area contributed by atoms with Crippen molar-refractivity contribution < 1.29 is 22.7 Å². The fourth-order valence-corrected chi connectivity index (χ4v) is 2.77. The second kappa shape index (κ2) is 7.59. The zero-order valence-electron chi connectivity index (χ0n) is 13.7. The summed E-state index contributed by atoms with van der Waals surface area (Å²) >= 11 is 0. The summed E-state index contributed by atoms with van der Waals surface area (Å²) in [7, 11) is 0. The van der Waals surface area contributed by atoms with Crippen LogP contribution in [0, 0.1) is 0 Å². The molecule has 6 nitrogen and oxygen atoms in total. The smallest absolute Gasteiger partial charge is 0.418 e. The molecule has 0 saturated carbocycles. The van der Waals surface area contributed by atoms with Gasteiger partial charge < -0.3 is 15.0 Å². The minimum atomic E-state index is -4.54. The first-order chi connectivity index (χ1) is 12.4. The molecule has 1 N–H and O–H groups in total. The maximum absolute atomic E-state index is 13.0. The quantitative estimate of drug-likeness (QED) is 0.902. The number of hydrogen-bond acceptors (Lipinski definition) is 4. The number of para-hydroxylation sites is 1. The van der Waals surface area contributed by atoms with E-state index in [1.54, 1.807) is 12.3 Å². The Balaban J connectivity index is 1.65. The molecule has 3 rings (SSSR count). The SMILES string of the molecule is O=C(Nc1ccccc1C(F)(F)F)N1CCCC(Oc2ccncn2)C1. The van der Waals surface area contributed by atoms with Gasteiger partial charge in [0.2, 0.25) is 5.88 Å². The molecule has 1 fully saturated rings. The van der Waals surface area contributed by atoms with Crippen molar-refractivity contribution >= 4 is 11.7 Å². The van der Waals surface area contributed by atoms with E-state index < -0.39 is 17.8 Å². The number of piperidine rings is 1. The summed E-state index contributed by atoms with van der Waals surface area (Å²) in [4.78, 5) is 21.6. The van der Waals surface area contributed by atoms with Crippen LogP contribution in [0.2, 0.25) is 0 Å². The monoisotopic (exact) mass is 366 g/mol. The Morgan fingerprint density at radius 2 is 2.08 bits per heavy atom. The molecule has 9 heteroatoms. The van der Waals surface area contributed by atoms with E-state index in [1.165, 1.54) is 29.4 Å². The minimum Gasteiger partial charge on any atom is -0.472 e. The van der Waals surface area contributed by atoms with Gasteiger partial charge in [0.1, 0.15) is 12.4 Å². The first kappa shape index (κ1) is 18.0. The molecule has 0 bridgehead atoms. The van der Waals surface area contributed by atoms with Crippen LogP contribution in [0.25, 0.3) is 0 Å². The number of anilines is 1. The minimum absolute atomic E-state index is 0.260. The van der Waals surface area contributed by atoms with Crippen molar-refractivity contribution in [2.24, 2.45) is 0 Å². The van der Waals surface area contributed by atoms with Crippen LogP contribution in [0.1, 0.15) is 18.4 Å². The lowest BCUT2D eigenvalue weighted by molar-refractivity contribution is -0.136. The highest BCUT2D eigenvalue weighted by atomic mass is 19.4. The third-order valence-corrected chi connectivity index (χ3v) is 3.98. The van der Waals surface area contributed by atoms with Gasteiger partial charge in [0.15, 0.2) is 0 Å². The molecule has 1 atom stereocenters. The van der Waals surface area contributed by atoms with Gasteiger partial charge in [-0.05, 0) is 25.0 Å². The standard InChI is InChI=1S/C17H17F3N4O2/c18-17(19,20)13-5-1-2-6-14(13)23-16(25)24-9-3-4-12(10-24)26-15-7-8-21-11-22-15/h1-2,5-8,11-12H,3-4,9-10H2,(H,23,25). The molecule has 0 spiro atoms. The Bertz CT molecular complexity index is 755. The van der Waals surface area contributed by atoms with Gasteiger partial charge in [-0.25, -0.2) is 14.8 Å². The summed E-state index contributed by atoms with van der Waals surface area (Å²) in [5.41, 5.74) is -1.14. The number of aromatic nitrogens is 2. The first-order valence-corrected chi connectivity index (χ1v) is 8.08. The van der Waals surface area contributed by atoms with Crippen LogP contribution in [0.5, 0.6) is 5.88 Å². The molecule has 1 saturated heterocycles. The highest BCUT2D eigenvalue weighted by Crippen LogP contribution is 2.34. The second-order valence-corrected chi connectivity index (χ2v) is 5.85. The number of carbonyl (C=O) groups is 1. The number of urea groups is 1. The van der Waals surface area contributed by atoms with E-state index in [0.29, 0.717) is 18.8 Å². The lowest BCUT2D eigenvalue weighted by Gasteiger charge is -2.32. The molecule has 1 unspecified atom stereocenters. The average Bonchev–Trinajstić information content (AvgIpc) is 2.62. The van der Waals surface area contributed by atoms with Gasteiger partial charge in [-0.3, -0.25) is 0 Å². The number of nitrogens with zero attached hydrogens (tertiary/aromatic N) is 3. The van der Waals surface area contributed by atoms with Crippen molar-refractivity contribution in [2.45, 2.75) is 25.1 Å². The molecule has 1 aromatic carbocycles. The predicted octanol–water partition coefficient (Wildman–Crippen LogP) is 3.57. The predicted molar refractivity (Wildman–Crippen MR) is 87.7 cm³/mol. The molecule has 0 radical (unpaired) electrons. The molecule has 2 heterocycles. The Hall–Kier alpha value is -2.84. The number of ether oxygens (including phenoxy) is 1. The fraction of sp³-hybridized carbons (Fsp3) is 0.353. The third kappa shape index (κ3) is 4.41. The lowest BCUT2D eigenvalue weighted by Crippen LogP contribution is -2.46. The van der Waals surface area contributed by atoms with Crippen LogP contribution in [0.3, 0.4) is 0 Å². The summed E-state index contributed by atoms with van der Waals surface area (Å²) in [6.07, 6.45) is -0.496. The zero-order valence-corrected chi connectivity index (χ0v) is 13.7. The van der Waals surface area contributed by atoms with E-state index in [-0.39, 0.29) is 18.3 Å². The summed E-state index contributed by atoms with van der Waals surface area (Å²) in [5.74, 6) is 0.398. The molecule has 1 aliphatic heterocycles. The highest BCUT2D eigenvalue weighted by molar-refractivity contribution is 5.90. The molecule has 138 valence electrons. The van der Waals surface area contributed by atoms with E-state index in [9.17, 15) is 18.0 Å². The van der Waals surface area contributed by atoms with Crippen LogP contribution in [0.4, 0.5) is 23.7 Å². The Morgan fingerprint density at radius 1 is 1.27 bits per heavy atom. The van der Waals surface area contributed by atoms with Gasteiger partial charge in [-0.1, -0.05) is 12.1 Å². The Morgan fingerprint density at radius 3 is 2.81 bits per heavy atom. The van der Waals surface area contributed by atoms with Crippen LogP contribution < -0.4 is 10.1 Å². The maximum atomic E-state index is 13.0. The number of halogens is 3. The number of nitrogens with one attached hydrogen (secondary N) is 1. The van der Waals surface area contributed by atoms with Gasteiger partial charge in [0, 0.05) is 18.8 Å². The molecule has 2 aromatic rings. The molecule has 2 amide bonds. The Labute approximate surface area is 148 Å². The molecule has 0 aliphatic carbocycles. The number of benzene rings is 1. The van der Waals surface area contributed by atoms with Crippen LogP contribution in [-0.2, 0) is 6.18 Å². The Kier molecular flexibility index (Phi) is 5.24. The van der Waals surface area contributed by atoms with Crippen LogP contribution in [0.15, 0.2) is 42.9 Å². The number of alkyl halides is 3. The van der Waals surface area contributed by atoms with E-state index in [2.05, 4.69) is 15.3 Å². The normalized spacial score (nSPS) is 17.7. The first-order valence-electron chi connectivity index (χ1n) is 8.08. The van der Waals surface area contributed by atoms with E-state index >= 15 is 0 Å². The van der Waals surface area contributed by atoms with Crippen molar-refractivity contribution in [3.05, 3.63) is 48.4 Å². The maximum Gasteiger partial charge on any atom is 0.418 e. The molecule has 1 aliphatic rings. The van der Waals surface area contributed by atoms with Gasteiger partial charge in [-0.15, -0.1) is 0 Å². The third-order valence-electron chi connectivity index (χ3n) is 3.98. The van der Waals surface area contributed by atoms with E-state index in [0.717, 1.165) is 12.5 Å². The van der Waals surface area contributed by atoms with Crippen molar-refractivity contribution in [1.29, 1.82) is 0 Å². The number of rotatable bonds is 3. The lowest BCUT2D eigenvalue weighted by atomic mass is 10.1. The number of likely N-dealkylation sites (tertiary alicyclic amines) is 1. The summed E-state index contributed by atoms with van der Waals surface area (Å²) in [6.45, 7) is 0.716. The highest BCUT2D eigenvalue weighted by Gasteiger charge is 2.34. The van der Waals surface area contributed by atoms with Gasteiger partial charge >= 0.3 is 12.2 Å². The number of carbonyl (C=O) groups excluding carboxylic acids is 1. The van der Waals surface area contributed by atoms with Gasteiger partial charge in [-0.2, -0.15) is 13.2 Å². The van der Waals surface area contributed by atoms with Gasteiger partial charge in [0.25, 0.3) is 0 Å². The molecular weight excluding hydrogens is 349 g/mol. The molecular formula is C17H17F3N4O2. The molecule has 26 heavy (non-hydrogen) atoms. The molecule has 1 aromatic heterocycles. The van der Waals surface area contributed by atoms with Crippen molar-refractivity contribution in [3.63, 3.8) is 0 Å².